The van der Waals surface area contributed by atoms with Crippen molar-refractivity contribution in [2.45, 2.75) is 56.0 Å². The normalized spacial score (nSPS) is 15.0. The first-order chi connectivity index (χ1) is 13.7. The van der Waals surface area contributed by atoms with Crippen LogP contribution in [0.5, 0.6) is 5.75 Å². The van der Waals surface area contributed by atoms with Crippen molar-refractivity contribution in [3.63, 3.8) is 0 Å². The molecule has 1 aromatic heterocycles. The topological polar surface area (TPSA) is 81.9 Å². The Hall–Kier alpha value is -2.35. The van der Waals surface area contributed by atoms with Gasteiger partial charge in [-0.3, -0.25) is 4.79 Å². The number of rotatable bonds is 9. The van der Waals surface area contributed by atoms with Gasteiger partial charge in [-0.2, -0.15) is 0 Å². The van der Waals surface area contributed by atoms with Crippen molar-refractivity contribution in [1.82, 2.24) is 25.5 Å². The Kier molecular flexibility index (Phi) is 7.47. The number of nitrogens with one attached hydrogen (secondary N) is 1. The van der Waals surface area contributed by atoms with Crippen molar-refractivity contribution < 1.29 is 9.53 Å². The van der Waals surface area contributed by atoms with Gasteiger partial charge in [-0.05, 0) is 67.2 Å². The van der Waals surface area contributed by atoms with Crippen LogP contribution >= 0.6 is 11.8 Å². The highest BCUT2D eigenvalue weighted by atomic mass is 32.2. The highest BCUT2D eigenvalue weighted by Crippen LogP contribution is 2.22. The molecule has 0 radical (unpaired) electrons. The quantitative estimate of drug-likeness (QED) is 0.513. The lowest BCUT2D eigenvalue weighted by atomic mass is 9.97. The van der Waals surface area contributed by atoms with E-state index in [4.69, 9.17) is 4.74 Å². The maximum absolute atomic E-state index is 12.4. The molecule has 1 atom stereocenters. The lowest BCUT2D eigenvalue weighted by molar-refractivity contribution is -0.120. The number of methoxy groups -OCH3 is 1. The van der Waals surface area contributed by atoms with Crippen LogP contribution in [0.3, 0.4) is 0 Å². The van der Waals surface area contributed by atoms with E-state index in [0.29, 0.717) is 18.2 Å². The molecule has 0 aliphatic heterocycles. The van der Waals surface area contributed by atoms with E-state index in [1.165, 1.54) is 43.0 Å². The molecule has 1 aromatic carbocycles. The van der Waals surface area contributed by atoms with Gasteiger partial charge in [0, 0.05) is 6.54 Å². The number of aromatic nitrogens is 4. The maximum atomic E-state index is 12.4. The van der Waals surface area contributed by atoms with Crippen LogP contribution in [0.25, 0.3) is 0 Å². The molecule has 150 valence electrons. The van der Waals surface area contributed by atoms with Gasteiger partial charge < -0.3 is 10.1 Å². The van der Waals surface area contributed by atoms with E-state index < -0.39 is 0 Å². The number of thioether (sulfide) groups is 1. The first-order valence-electron chi connectivity index (χ1n) is 9.67. The summed E-state index contributed by atoms with van der Waals surface area (Å²) in [7, 11) is 1.64. The Morgan fingerprint density at radius 2 is 2.14 bits per heavy atom. The molecule has 0 saturated heterocycles. The van der Waals surface area contributed by atoms with Crippen molar-refractivity contribution in [3.8, 4) is 5.75 Å². The monoisotopic (exact) mass is 401 g/mol. The Balaban J connectivity index is 1.49. The lowest BCUT2D eigenvalue weighted by Gasteiger charge is -2.14. The van der Waals surface area contributed by atoms with Gasteiger partial charge in [0.25, 0.3) is 0 Å². The van der Waals surface area contributed by atoms with Gasteiger partial charge >= 0.3 is 0 Å². The standard InChI is InChI=1S/C20H27N5O2S/c1-15(19(26)21-13-12-16-6-4-3-5-7-16)28-20-22-23-24-25(20)14-17-8-10-18(27-2)11-9-17/h6,8-11,15H,3-5,7,12-14H2,1-2H3,(H,21,26)/t15-/m1/s1. The van der Waals surface area contributed by atoms with E-state index in [2.05, 4.69) is 26.9 Å². The van der Waals surface area contributed by atoms with E-state index in [1.807, 2.05) is 31.2 Å². The average Bonchev–Trinajstić information content (AvgIpc) is 3.15. The second-order valence-electron chi connectivity index (χ2n) is 6.88. The number of nitrogens with zero attached hydrogens (tertiary/aromatic N) is 4. The molecule has 3 rings (SSSR count). The van der Waals surface area contributed by atoms with E-state index in [-0.39, 0.29) is 11.2 Å². The zero-order chi connectivity index (χ0) is 19.8. The SMILES string of the molecule is COc1ccc(Cn2nnnc2S[C@H](C)C(=O)NCCC2=CCCCC2)cc1. The van der Waals surface area contributed by atoms with Gasteiger partial charge in [0.2, 0.25) is 11.1 Å². The number of tetrazole rings is 1. The number of ether oxygens (including phenoxy) is 1. The predicted molar refractivity (Wildman–Crippen MR) is 109 cm³/mol. The Morgan fingerprint density at radius 1 is 1.32 bits per heavy atom. The highest BCUT2D eigenvalue weighted by Gasteiger charge is 2.18. The number of allylic oxidation sites excluding steroid dienone is 1. The fourth-order valence-electron chi connectivity index (χ4n) is 3.12. The van der Waals surface area contributed by atoms with Crippen LogP contribution in [0.4, 0.5) is 0 Å². The summed E-state index contributed by atoms with van der Waals surface area (Å²) in [6, 6.07) is 7.77. The van der Waals surface area contributed by atoms with Crippen molar-refractivity contribution in [3.05, 3.63) is 41.5 Å². The first-order valence-corrected chi connectivity index (χ1v) is 10.5. The summed E-state index contributed by atoms with van der Waals surface area (Å²) in [5.41, 5.74) is 2.53. The molecular formula is C20H27N5O2S. The molecule has 2 aromatic rings. The second kappa shape index (κ2) is 10.3. The number of hydrogen-bond acceptors (Lipinski definition) is 6. The van der Waals surface area contributed by atoms with Gasteiger partial charge in [0.05, 0.1) is 18.9 Å². The fourth-order valence-corrected chi connectivity index (χ4v) is 3.93. The number of benzene rings is 1. The van der Waals surface area contributed by atoms with Crippen LogP contribution in [-0.2, 0) is 11.3 Å². The minimum Gasteiger partial charge on any atom is -0.497 e. The molecule has 0 bridgehead atoms. The number of carbonyl (C=O) groups is 1. The average molecular weight is 402 g/mol. The van der Waals surface area contributed by atoms with Crippen LogP contribution in [0.1, 0.15) is 44.6 Å². The van der Waals surface area contributed by atoms with Crippen LogP contribution < -0.4 is 10.1 Å². The third kappa shape index (κ3) is 5.82. The summed E-state index contributed by atoms with van der Waals surface area (Å²) in [5.74, 6) is 0.824. The molecular weight excluding hydrogens is 374 g/mol. The minimum absolute atomic E-state index is 0.0143. The van der Waals surface area contributed by atoms with Crippen molar-refractivity contribution in [2.75, 3.05) is 13.7 Å². The Morgan fingerprint density at radius 3 is 2.86 bits per heavy atom. The van der Waals surface area contributed by atoms with Crippen molar-refractivity contribution >= 4 is 17.7 Å². The zero-order valence-corrected chi connectivity index (χ0v) is 17.2. The van der Waals surface area contributed by atoms with Crippen LogP contribution in [0.2, 0.25) is 0 Å². The molecule has 1 N–H and O–H groups in total. The largest absolute Gasteiger partial charge is 0.497 e. The summed E-state index contributed by atoms with van der Waals surface area (Å²) in [4.78, 5) is 12.4. The minimum atomic E-state index is -0.263. The Bertz CT molecular complexity index is 803. The second-order valence-corrected chi connectivity index (χ2v) is 8.18. The van der Waals surface area contributed by atoms with Gasteiger partial charge in [0.15, 0.2) is 0 Å². The van der Waals surface area contributed by atoms with E-state index in [0.717, 1.165) is 17.7 Å². The third-order valence-electron chi connectivity index (χ3n) is 4.77. The molecule has 1 aliphatic carbocycles. The van der Waals surface area contributed by atoms with Gasteiger partial charge in [-0.1, -0.05) is 35.5 Å². The predicted octanol–water partition coefficient (Wildman–Crippen LogP) is 3.22. The van der Waals surface area contributed by atoms with E-state index >= 15 is 0 Å². The number of amides is 1. The molecule has 0 saturated carbocycles. The molecule has 1 heterocycles. The smallest absolute Gasteiger partial charge is 0.233 e. The van der Waals surface area contributed by atoms with Gasteiger partial charge in [-0.25, -0.2) is 4.68 Å². The maximum Gasteiger partial charge on any atom is 0.233 e. The molecule has 7 nitrogen and oxygen atoms in total. The molecule has 0 fully saturated rings. The van der Waals surface area contributed by atoms with Crippen LogP contribution in [-0.4, -0.2) is 45.0 Å². The Labute approximate surface area is 169 Å². The van der Waals surface area contributed by atoms with Crippen molar-refractivity contribution in [1.29, 1.82) is 0 Å². The summed E-state index contributed by atoms with van der Waals surface area (Å²) >= 11 is 1.37. The lowest BCUT2D eigenvalue weighted by Crippen LogP contribution is -2.32. The third-order valence-corrected chi connectivity index (χ3v) is 5.84. The van der Waals surface area contributed by atoms with Gasteiger partial charge in [0.1, 0.15) is 5.75 Å². The summed E-state index contributed by atoms with van der Waals surface area (Å²) in [6.07, 6.45) is 8.16. The van der Waals surface area contributed by atoms with Gasteiger partial charge in [-0.15, -0.1) is 5.10 Å². The number of hydrogen-bond donors (Lipinski definition) is 1. The van der Waals surface area contributed by atoms with Crippen LogP contribution in [0, 0.1) is 0 Å². The highest BCUT2D eigenvalue weighted by molar-refractivity contribution is 8.00. The number of carbonyl (C=O) groups excluding carboxylic acids is 1. The summed E-state index contributed by atoms with van der Waals surface area (Å²) in [6.45, 7) is 3.11. The van der Waals surface area contributed by atoms with Crippen LogP contribution in [0.15, 0.2) is 41.1 Å². The van der Waals surface area contributed by atoms with E-state index in [1.54, 1.807) is 11.8 Å². The molecule has 0 spiro atoms. The first kappa shape index (κ1) is 20.4. The zero-order valence-electron chi connectivity index (χ0n) is 16.4. The summed E-state index contributed by atoms with van der Waals surface area (Å²) < 4.78 is 6.89. The molecule has 1 aliphatic rings. The molecule has 0 unspecified atom stereocenters. The van der Waals surface area contributed by atoms with E-state index in [9.17, 15) is 4.79 Å². The fraction of sp³-hybridized carbons (Fsp3) is 0.500. The molecule has 8 heteroatoms. The molecule has 28 heavy (non-hydrogen) atoms. The summed E-state index contributed by atoms with van der Waals surface area (Å²) in [5, 5.41) is 15.3. The van der Waals surface area contributed by atoms with Crippen molar-refractivity contribution in [2.24, 2.45) is 0 Å². The molecule has 1 amide bonds.